The first-order valence-electron chi connectivity index (χ1n) is 20.1. The Hall–Kier alpha value is -6.50. The van der Waals surface area contributed by atoms with Crippen LogP contribution in [0.15, 0.2) is 199 Å². The third-order valence-electron chi connectivity index (χ3n) is 12.2. The van der Waals surface area contributed by atoms with Crippen LogP contribution in [0.25, 0.3) is 77.0 Å². The van der Waals surface area contributed by atoms with E-state index in [1.165, 1.54) is 98.8 Å². The molecule has 0 amide bonds. The summed E-state index contributed by atoms with van der Waals surface area (Å²) >= 11 is 0. The third kappa shape index (κ3) is 6.12. The van der Waals surface area contributed by atoms with Crippen LogP contribution in [0.2, 0.25) is 0 Å². The molecule has 0 fully saturated rings. The van der Waals surface area contributed by atoms with Crippen molar-refractivity contribution in [1.82, 2.24) is 0 Å². The van der Waals surface area contributed by atoms with Gasteiger partial charge in [0.25, 0.3) is 0 Å². The number of benzene rings is 8. The summed E-state index contributed by atoms with van der Waals surface area (Å²) in [6, 6.07) is 56.4. The average molecular weight is 717 g/mol. The highest BCUT2D eigenvalue weighted by molar-refractivity contribution is 6.22. The zero-order chi connectivity index (χ0) is 37.6. The molecule has 0 aliphatic heterocycles. The maximum Gasteiger partial charge on any atom is -0.00259 e. The Morgan fingerprint density at radius 1 is 0.411 bits per heavy atom. The van der Waals surface area contributed by atoms with Gasteiger partial charge in [0.1, 0.15) is 0 Å². The van der Waals surface area contributed by atoms with Crippen molar-refractivity contribution in [2.75, 3.05) is 0 Å². The predicted octanol–water partition coefficient (Wildman–Crippen LogP) is 15.7. The zero-order valence-electron chi connectivity index (χ0n) is 32.0. The van der Waals surface area contributed by atoms with Crippen LogP contribution in [0.5, 0.6) is 0 Å². The lowest BCUT2D eigenvalue weighted by atomic mass is 9.83. The second-order valence-corrected chi connectivity index (χ2v) is 15.7. The second-order valence-electron chi connectivity index (χ2n) is 15.7. The molecule has 0 saturated heterocycles. The quantitative estimate of drug-likeness (QED) is 0.159. The van der Waals surface area contributed by atoms with Gasteiger partial charge in [0.15, 0.2) is 0 Å². The molecule has 10 rings (SSSR count). The first-order valence-corrected chi connectivity index (χ1v) is 20.1. The van der Waals surface area contributed by atoms with Crippen molar-refractivity contribution in [3.63, 3.8) is 0 Å². The van der Waals surface area contributed by atoms with Crippen molar-refractivity contribution in [2.24, 2.45) is 5.92 Å². The molecule has 0 aromatic heterocycles. The first-order chi connectivity index (χ1) is 27.6. The molecule has 0 spiro atoms. The van der Waals surface area contributed by atoms with Gasteiger partial charge in [0, 0.05) is 0 Å². The van der Waals surface area contributed by atoms with Gasteiger partial charge < -0.3 is 0 Å². The zero-order valence-corrected chi connectivity index (χ0v) is 32.0. The standard InChI is InChI=1S/C56H44/c1-37-14-12-21-46(35-45-19-7-8-22-49(37)45)50-31-29-41(20-11-13-38(50)2)44-30-32-53-54(36-44)56(48-28-26-40-16-4-6-18-43(40)34-48)52-24-10-9-23-51(52)55(53)47-27-25-39-15-3-5-17-42(39)33-47/h3-12,15-38H,13-14H2,1-2H3. The summed E-state index contributed by atoms with van der Waals surface area (Å²) in [7, 11) is 0. The van der Waals surface area contributed by atoms with Crippen LogP contribution in [0.1, 0.15) is 49.3 Å². The van der Waals surface area contributed by atoms with Crippen molar-refractivity contribution in [3.05, 3.63) is 216 Å². The molecule has 0 saturated carbocycles. The van der Waals surface area contributed by atoms with Crippen LogP contribution >= 0.6 is 0 Å². The van der Waals surface area contributed by atoms with E-state index in [2.05, 4.69) is 208 Å². The fraction of sp³-hybridized carbons (Fsp3) is 0.107. The van der Waals surface area contributed by atoms with Crippen LogP contribution in [-0.2, 0) is 0 Å². The van der Waals surface area contributed by atoms with Gasteiger partial charge in [0.2, 0.25) is 0 Å². The first kappa shape index (κ1) is 34.0. The molecule has 2 aliphatic carbocycles. The van der Waals surface area contributed by atoms with Crippen LogP contribution in [0.4, 0.5) is 0 Å². The van der Waals surface area contributed by atoms with Gasteiger partial charge >= 0.3 is 0 Å². The molecule has 2 aliphatic rings. The highest BCUT2D eigenvalue weighted by Crippen LogP contribution is 2.46. The van der Waals surface area contributed by atoms with Crippen LogP contribution in [-0.4, -0.2) is 0 Å². The highest BCUT2D eigenvalue weighted by Gasteiger charge is 2.20. The summed E-state index contributed by atoms with van der Waals surface area (Å²) in [5.74, 6) is 0.903. The lowest BCUT2D eigenvalue weighted by Gasteiger charge is -2.21. The van der Waals surface area contributed by atoms with Crippen molar-refractivity contribution in [1.29, 1.82) is 0 Å². The van der Waals surface area contributed by atoms with E-state index >= 15 is 0 Å². The molecule has 268 valence electrons. The van der Waals surface area contributed by atoms with Crippen LogP contribution in [0, 0.1) is 5.92 Å². The molecule has 0 radical (unpaired) electrons. The molecule has 2 unspecified atom stereocenters. The van der Waals surface area contributed by atoms with E-state index in [-0.39, 0.29) is 0 Å². The van der Waals surface area contributed by atoms with Crippen LogP contribution in [0.3, 0.4) is 0 Å². The number of rotatable bonds is 4. The predicted molar refractivity (Wildman–Crippen MR) is 243 cm³/mol. The van der Waals surface area contributed by atoms with Gasteiger partial charge in [-0.3, -0.25) is 0 Å². The topological polar surface area (TPSA) is 0 Å². The molecule has 0 heterocycles. The van der Waals surface area contributed by atoms with E-state index in [1.54, 1.807) is 0 Å². The summed E-state index contributed by atoms with van der Waals surface area (Å²) in [6.45, 7) is 4.70. The minimum absolute atomic E-state index is 0.399. The maximum absolute atomic E-state index is 2.46. The van der Waals surface area contributed by atoms with Crippen molar-refractivity contribution >= 4 is 54.7 Å². The smallest absolute Gasteiger partial charge is 0.00259 e. The molecule has 0 bridgehead atoms. The molecule has 56 heavy (non-hydrogen) atoms. The third-order valence-corrected chi connectivity index (χ3v) is 12.2. The number of hydrogen-bond acceptors (Lipinski definition) is 0. The lowest BCUT2D eigenvalue weighted by Crippen LogP contribution is -2.04. The van der Waals surface area contributed by atoms with Gasteiger partial charge in [-0.25, -0.2) is 0 Å². The van der Waals surface area contributed by atoms with E-state index in [4.69, 9.17) is 0 Å². The molecule has 0 nitrogen and oxygen atoms in total. The van der Waals surface area contributed by atoms with Gasteiger partial charge in [-0.15, -0.1) is 0 Å². The van der Waals surface area contributed by atoms with Gasteiger partial charge in [0.05, 0.1) is 0 Å². The van der Waals surface area contributed by atoms with Gasteiger partial charge in [-0.2, -0.15) is 0 Å². The van der Waals surface area contributed by atoms with E-state index in [9.17, 15) is 0 Å². The van der Waals surface area contributed by atoms with E-state index in [1.807, 2.05) is 0 Å². The Morgan fingerprint density at radius 3 is 1.64 bits per heavy atom. The molecular formula is C56H44. The number of hydrogen-bond donors (Lipinski definition) is 0. The average Bonchev–Trinajstić information content (AvgIpc) is 3.23. The lowest BCUT2D eigenvalue weighted by molar-refractivity contribution is 0.705. The number of fused-ring (bicyclic) bond motifs is 5. The summed E-state index contributed by atoms with van der Waals surface area (Å²) in [6.07, 6.45) is 18.6. The van der Waals surface area contributed by atoms with Gasteiger partial charge in [-0.05, 0) is 148 Å². The van der Waals surface area contributed by atoms with Crippen molar-refractivity contribution in [3.8, 4) is 22.3 Å². The fourth-order valence-electron chi connectivity index (χ4n) is 9.18. The highest BCUT2D eigenvalue weighted by atomic mass is 14.2. The maximum atomic E-state index is 2.46. The fourth-order valence-corrected chi connectivity index (χ4v) is 9.18. The molecule has 8 aromatic rings. The molecule has 0 N–H and O–H groups in total. The van der Waals surface area contributed by atoms with E-state index in [0.717, 1.165) is 12.8 Å². The normalized spacial score (nSPS) is 17.1. The SMILES string of the molecule is CC1CC=CC(c2ccc3c(-c4ccc5ccccc5c4)c4ccccc4c(-c4ccc5ccccc5c4)c3c2)=CC=C1C1=Cc2ccccc2C(C)CC=C1. The molecule has 0 heteroatoms. The van der Waals surface area contributed by atoms with E-state index < -0.39 is 0 Å². The Balaban J connectivity index is 1.20. The van der Waals surface area contributed by atoms with Crippen molar-refractivity contribution in [2.45, 2.75) is 32.6 Å². The van der Waals surface area contributed by atoms with Gasteiger partial charge in [-0.1, -0.05) is 184 Å². The molecule has 8 aromatic carbocycles. The van der Waals surface area contributed by atoms with Crippen molar-refractivity contribution < 1.29 is 0 Å². The summed E-state index contributed by atoms with van der Waals surface area (Å²) in [5, 5.41) is 10.1. The Kier molecular flexibility index (Phi) is 8.68. The molecule has 2 atom stereocenters. The van der Waals surface area contributed by atoms with E-state index in [0.29, 0.717) is 11.8 Å². The second kappa shape index (κ2) is 14.3. The minimum Gasteiger partial charge on any atom is -0.0833 e. The largest absolute Gasteiger partial charge is 0.0833 e. The minimum atomic E-state index is 0.399. The summed E-state index contributed by atoms with van der Waals surface area (Å²) in [4.78, 5) is 0. The monoisotopic (exact) mass is 716 g/mol. The Morgan fingerprint density at radius 2 is 0.946 bits per heavy atom. The molecular weight excluding hydrogens is 673 g/mol. The summed E-state index contributed by atoms with van der Waals surface area (Å²) < 4.78 is 0. The Labute approximate surface area is 330 Å². The van der Waals surface area contributed by atoms with Crippen LogP contribution < -0.4 is 0 Å². The number of allylic oxidation sites excluding steroid dienone is 9. The Bertz CT molecular complexity index is 3000. The summed E-state index contributed by atoms with van der Waals surface area (Å²) in [5.41, 5.74) is 13.0.